The maximum Gasteiger partial charge on any atom is 0.129 e. The summed E-state index contributed by atoms with van der Waals surface area (Å²) in [4.78, 5) is 13.1. The molecule has 1 aliphatic rings. The molecule has 0 saturated carbocycles. The van der Waals surface area contributed by atoms with Crippen LogP contribution in [0.2, 0.25) is 0 Å². The molecule has 5 nitrogen and oxygen atoms in total. The number of likely N-dealkylation sites (N-methyl/N-ethyl adjacent to an activating group) is 2. The van der Waals surface area contributed by atoms with E-state index in [1.165, 1.54) is 0 Å². The van der Waals surface area contributed by atoms with Crippen LogP contribution >= 0.6 is 0 Å². The Balaban J connectivity index is 1.88. The second kappa shape index (κ2) is 5.42. The predicted molar refractivity (Wildman–Crippen MR) is 69.2 cm³/mol. The van der Waals surface area contributed by atoms with E-state index >= 15 is 0 Å². The smallest absolute Gasteiger partial charge is 0.129 e. The third kappa shape index (κ3) is 3.38. The Morgan fingerprint density at radius 1 is 1.35 bits per heavy atom. The summed E-state index contributed by atoms with van der Waals surface area (Å²) in [5.41, 5.74) is 0.997. The lowest BCUT2D eigenvalue weighted by Crippen LogP contribution is -2.52. The number of nitrogens with zero attached hydrogens (tertiary/aromatic N) is 4. The van der Waals surface area contributed by atoms with E-state index in [1.54, 1.807) is 6.33 Å². The van der Waals surface area contributed by atoms with Crippen LogP contribution in [-0.2, 0) is 0 Å². The molecule has 1 aliphatic heterocycles. The number of nitrogens with one attached hydrogen (secondary N) is 1. The van der Waals surface area contributed by atoms with Gasteiger partial charge in [-0.3, -0.25) is 4.90 Å². The molecule has 1 aromatic rings. The van der Waals surface area contributed by atoms with E-state index < -0.39 is 0 Å². The van der Waals surface area contributed by atoms with Gasteiger partial charge in [-0.1, -0.05) is 0 Å². The molecule has 94 valence electrons. The van der Waals surface area contributed by atoms with Crippen LogP contribution in [0.3, 0.4) is 0 Å². The molecule has 2 rings (SSSR count). The zero-order valence-electron chi connectivity index (χ0n) is 10.8. The number of piperazine rings is 1. The molecule has 0 spiro atoms. The summed E-state index contributed by atoms with van der Waals surface area (Å²) < 4.78 is 0. The van der Waals surface area contributed by atoms with Crippen LogP contribution in [0.25, 0.3) is 0 Å². The normalized spacial score (nSPS) is 22.6. The SMILES string of the molecule is Cc1cc(NCC2CN(C)CCN2C)ncn1. The molecule has 5 heteroatoms. The van der Waals surface area contributed by atoms with Crippen molar-refractivity contribution < 1.29 is 0 Å². The lowest BCUT2D eigenvalue weighted by atomic mass is 10.2. The molecule has 17 heavy (non-hydrogen) atoms. The first-order chi connectivity index (χ1) is 8.15. The Morgan fingerprint density at radius 2 is 2.18 bits per heavy atom. The maximum atomic E-state index is 4.21. The van der Waals surface area contributed by atoms with Crippen molar-refractivity contribution in [2.45, 2.75) is 13.0 Å². The second-order valence-corrected chi connectivity index (χ2v) is 4.82. The Labute approximate surface area is 103 Å². The molecule has 1 fully saturated rings. The van der Waals surface area contributed by atoms with Gasteiger partial charge in [0, 0.05) is 44.0 Å². The van der Waals surface area contributed by atoms with Gasteiger partial charge in [-0.25, -0.2) is 9.97 Å². The van der Waals surface area contributed by atoms with E-state index in [2.05, 4.69) is 39.2 Å². The molecule has 1 N–H and O–H groups in total. The van der Waals surface area contributed by atoms with Crippen molar-refractivity contribution in [2.75, 3.05) is 45.6 Å². The topological polar surface area (TPSA) is 44.3 Å². The lowest BCUT2D eigenvalue weighted by molar-refractivity contribution is 0.122. The minimum absolute atomic E-state index is 0.545. The highest BCUT2D eigenvalue weighted by Gasteiger charge is 2.21. The highest BCUT2D eigenvalue weighted by Crippen LogP contribution is 2.08. The average molecular weight is 235 g/mol. The molecule has 2 heterocycles. The van der Waals surface area contributed by atoms with Crippen LogP contribution in [-0.4, -0.2) is 66.1 Å². The van der Waals surface area contributed by atoms with Crippen molar-refractivity contribution in [2.24, 2.45) is 0 Å². The van der Waals surface area contributed by atoms with E-state index in [4.69, 9.17) is 0 Å². The number of aryl methyl sites for hydroxylation is 1. The van der Waals surface area contributed by atoms with E-state index in [9.17, 15) is 0 Å². The number of rotatable bonds is 3. The Bertz CT molecular complexity index is 368. The molecule has 0 amide bonds. The summed E-state index contributed by atoms with van der Waals surface area (Å²) >= 11 is 0. The first kappa shape index (κ1) is 12.3. The van der Waals surface area contributed by atoms with E-state index in [0.29, 0.717) is 6.04 Å². The monoisotopic (exact) mass is 235 g/mol. The van der Waals surface area contributed by atoms with Gasteiger partial charge in [0.15, 0.2) is 0 Å². The molecule has 0 aliphatic carbocycles. The summed E-state index contributed by atoms with van der Waals surface area (Å²) in [5, 5.41) is 3.39. The molecule has 0 radical (unpaired) electrons. The van der Waals surface area contributed by atoms with E-state index in [1.807, 2.05) is 13.0 Å². The third-order valence-electron chi connectivity index (χ3n) is 3.30. The summed E-state index contributed by atoms with van der Waals surface area (Å²) in [5.74, 6) is 0.916. The Kier molecular flexibility index (Phi) is 3.91. The minimum atomic E-state index is 0.545. The van der Waals surface area contributed by atoms with Gasteiger partial charge in [0.2, 0.25) is 0 Å². The van der Waals surface area contributed by atoms with Gasteiger partial charge >= 0.3 is 0 Å². The predicted octanol–water partition coefficient (Wildman–Crippen LogP) is 0.443. The number of hydrogen-bond donors (Lipinski definition) is 1. The molecule has 0 bridgehead atoms. The van der Waals surface area contributed by atoms with Gasteiger partial charge in [-0.2, -0.15) is 0 Å². The van der Waals surface area contributed by atoms with E-state index in [-0.39, 0.29) is 0 Å². The molecule has 1 atom stereocenters. The van der Waals surface area contributed by atoms with Crippen molar-refractivity contribution in [3.63, 3.8) is 0 Å². The number of aromatic nitrogens is 2. The number of anilines is 1. The summed E-state index contributed by atoms with van der Waals surface area (Å²) in [6, 6.07) is 2.52. The van der Waals surface area contributed by atoms with Crippen LogP contribution in [0, 0.1) is 6.92 Å². The first-order valence-corrected chi connectivity index (χ1v) is 6.06. The van der Waals surface area contributed by atoms with Gasteiger partial charge in [0.05, 0.1) is 0 Å². The van der Waals surface area contributed by atoms with Crippen LogP contribution in [0.4, 0.5) is 5.82 Å². The lowest BCUT2D eigenvalue weighted by Gasteiger charge is -2.37. The van der Waals surface area contributed by atoms with Crippen LogP contribution in [0.15, 0.2) is 12.4 Å². The summed E-state index contributed by atoms with van der Waals surface area (Å²) in [7, 11) is 4.36. The first-order valence-electron chi connectivity index (χ1n) is 6.06. The summed E-state index contributed by atoms with van der Waals surface area (Å²) in [6.45, 7) is 6.30. The maximum absolute atomic E-state index is 4.21. The standard InChI is InChI=1S/C12H21N5/c1-10-6-12(15-9-14-10)13-7-11-8-16(2)4-5-17(11)3/h6,9,11H,4-5,7-8H2,1-3H3,(H,13,14,15). The largest absolute Gasteiger partial charge is 0.368 e. The van der Waals surface area contributed by atoms with Gasteiger partial charge in [-0.05, 0) is 21.0 Å². The van der Waals surface area contributed by atoms with Crippen LogP contribution in [0.5, 0.6) is 0 Å². The molecular formula is C12H21N5. The van der Waals surface area contributed by atoms with E-state index in [0.717, 1.165) is 37.7 Å². The second-order valence-electron chi connectivity index (χ2n) is 4.82. The van der Waals surface area contributed by atoms with Crippen molar-refractivity contribution in [1.29, 1.82) is 0 Å². The fraction of sp³-hybridized carbons (Fsp3) is 0.667. The minimum Gasteiger partial charge on any atom is -0.368 e. The van der Waals surface area contributed by atoms with Crippen molar-refractivity contribution in [3.8, 4) is 0 Å². The zero-order valence-corrected chi connectivity index (χ0v) is 10.8. The fourth-order valence-corrected chi connectivity index (χ4v) is 2.10. The number of hydrogen-bond acceptors (Lipinski definition) is 5. The van der Waals surface area contributed by atoms with Crippen molar-refractivity contribution in [1.82, 2.24) is 19.8 Å². The van der Waals surface area contributed by atoms with Gasteiger partial charge in [-0.15, -0.1) is 0 Å². The molecule has 1 aromatic heterocycles. The third-order valence-corrected chi connectivity index (χ3v) is 3.30. The molecule has 1 unspecified atom stereocenters. The quantitative estimate of drug-likeness (QED) is 0.824. The van der Waals surface area contributed by atoms with Gasteiger partial charge in [0.1, 0.15) is 12.1 Å². The molecular weight excluding hydrogens is 214 g/mol. The highest BCUT2D eigenvalue weighted by atomic mass is 15.3. The van der Waals surface area contributed by atoms with Crippen LogP contribution < -0.4 is 5.32 Å². The highest BCUT2D eigenvalue weighted by molar-refractivity contribution is 5.34. The fourth-order valence-electron chi connectivity index (χ4n) is 2.10. The van der Waals surface area contributed by atoms with Gasteiger partial charge in [0.25, 0.3) is 0 Å². The van der Waals surface area contributed by atoms with Crippen LogP contribution in [0.1, 0.15) is 5.69 Å². The molecule has 0 aromatic carbocycles. The molecule has 1 saturated heterocycles. The Morgan fingerprint density at radius 3 is 2.94 bits per heavy atom. The average Bonchev–Trinajstić information content (AvgIpc) is 2.30. The Hall–Kier alpha value is -1.20. The zero-order chi connectivity index (χ0) is 12.3. The summed E-state index contributed by atoms with van der Waals surface area (Å²) in [6.07, 6.45) is 1.61. The van der Waals surface area contributed by atoms with Gasteiger partial charge < -0.3 is 10.2 Å². The van der Waals surface area contributed by atoms with Crippen molar-refractivity contribution >= 4 is 5.82 Å². The van der Waals surface area contributed by atoms with Crippen molar-refractivity contribution in [3.05, 3.63) is 18.1 Å².